The molecule has 0 saturated carbocycles. The number of amides is 1. The van der Waals surface area contributed by atoms with Gasteiger partial charge < -0.3 is 4.74 Å². The maximum atomic E-state index is 12.0. The number of Topliss-reactive ketones (excluding diaryl/α,β-unsaturated/α-hetero) is 1. The summed E-state index contributed by atoms with van der Waals surface area (Å²) in [4.78, 5) is 24.5. The highest BCUT2D eigenvalue weighted by Crippen LogP contribution is 2.14. The molecule has 1 aromatic rings. The molecule has 0 N–H and O–H groups in total. The zero-order valence-electron chi connectivity index (χ0n) is 11.9. The maximum Gasteiger partial charge on any atom is 0.410 e. The first-order valence-corrected chi connectivity index (χ1v) is 7.14. The normalized spacial score (nSPS) is 18.1. The van der Waals surface area contributed by atoms with Crippen molar-refractivity contribution in [2.45, 2.75) is 38.1 Å². The average molecular weight is 275 g/mol. The first-order chi connectivity index (χ1) is 9.68. The van der Waals surface area contributed by atoms with E-state index in [0.29, 0.717) is 6.42 Å². The van der Waals surface area contributed by atoms with Gasteiger partial charge in [0.15, 0.2) is 5.78 Å². The number of cyclic esters (lactones) is 1. The Balaban J connectivity index is 1.61. The molecule has 1 amide bonds. The predicted octanol–water partition coefficient (Wildman–Crippen LogP) is 2.81. The molecular formula is C16H21NO3. The molecule has 4 nitrogen and oxygen atoms in total. The minimum atomic E-state index is -0.396. The van der Waals surface area contributed by atoms with Gasteiger partial charge in [0.25, 0.3) is 0 Å². The Bertz CT molecular complexity index is 458. The van der Waals surface area contributed by atoms with Gasteiger partial charge in [-0.15, -0.1) is 0 Å². The summed E-state index contributed by atoms with van der Waals surface area (Å²) < 4.78 is 4.85. The molecule has 1 saturated heterocycles. The van der Waals surface area contributed by atoms with Gasteiger partial charge in [-0.1, -0.05) is 36.8 Å². The third kappa shape index (κ3) is 3.83. The van der Waals surface area contributed by atoms with Crippen LogP contribution in [0.15, 0.2) is 30.3 Å². The van der Waals surface area contributed by atoms with Crippen LogP contribution in [0.2, 0.25) is 0 Å². The number of ether oxygens (including phenoxy) is 1. The van der Waals surface area contributed by atoms with Gasteiger partial charge in [-0.25, -0.2) is 4.79 Å². The van der Waals surface area contributed by atoms with Gasteiger partial charge in [0.05, 0.1) is 0 Å². The van der Waals surface area contributed by atoms with Crippen LogP contribution in [0.25, 0.3) is 0 Å². The Labute approximate surface area is 119 Å². The van der Waals surface area contributed by atoms with Gasteiger partial charge in [-0.2, -0.15) is 0 Å². The first-order valence-electron chi connectivity index (χ1n) is 7.14. The molecule has 0 aromatic heterocycles. The number of rotatable bonds is 7. The van der Waals surface area contributed by atoms with Crippen molar-refractivity contribution in [1.82, 2.24) is 4.90 Å². The number of hydrogen-bond acceptors (Lipinski definition) is 3. The minimum Gasteiger partial charge on any atom is -0.447 e. The number of carbonyl (C=O) groups is 2. The highest BCUT2D eigenvalue weighted by Gasteiger charge is 2.34. The molecule has 4 heteroatoms. The molecule has 1 fully saturated rings. The smallest absolute Gasteiger partial charge is 0.410 e. The lowest BCUT2D eigenvalue weighted by Gasteiger charge is -2.14. The first kappa shape index (κ1) is 14.6. The molecular weight excluding hydrogens is 254 g/mol. The highest BCUT2D eigenvalue weighted by atomic mass is 16.6. The fourth-order valence-corrected chi connectivity index (χ4v) is 2.42. The lowest BCUT2D eigenvalue weighted by Crippen LogP contribution is -2.36. The lowest BCUT2D eigenvalue weighted by molar-refractivity contribution is -0.122. The summed E-state index contributed by atoms with van der Waals surface area (Å²) in [7, 11) is 1.62. The topological polar surface area (TPSA) is 46.6 Å². The summed E-state index contributed by atoms with van der Waals surface area (Å²) in [6.07, 6.45) is 4.19. The Morgan fingerprint density at radius 2 is 2.00 bits per heavy atom. The van der Waals surface area contributed by atoms with E-state index < -0.39 is 6.09 Å². The third-order valence-electron chi connectivity index (χ3n) is 3.72. The van der Waals surface area contributed by atoms with Crippen molar-refractivity contribution < 1.29 is 14.3 Å². The molecule has 2 rings (SSSR count). The Morgan fingerprint density at radius 1 is 1.25 bits per heavy atom. The number of nitrogens with zero attached hydrogens (tertiary/aromatic N) is 1. The van der Waals surface area contributed by atoms with Crippen LogP contribution in [-0.2, 0) is 16.0 Å². The van der Waals surface area contributed by atoms with Crippen molar-refractivity contribution in [2.75, 3.05) is 13.7 Å². The Morgan fingerprint density at radius 3 is 2.65 bits per heavy atom. The number of carbonyl (C=O) groups excluding carboxylic acids is 2. The third-order valence-corrected chi connectivity index (χ3v) is 3.72. The van der Waals surface area contributed by atoms with Crippen LogP contribution < -0.4 is 0 Å². The number of hydrogen-bond donors (Lipinski definition) is 0. The van der Waals surface area contributed by atoms with Gasteiger partial charge in [-0.05, 0) is 24.8 Å². The minimum absolute atomic E-state index is 0.109. The van der Waals surface area contributed by atoms with Crippen LogP contribution in [0.4, 0.5) is 4.79 Å². The molecule has 0 aliphatic carbocycles. The second-order valence-corrected chi connectivity index (χ2v) is 5.22. The maximum absolute atomic E-state index is 12.0. The van der Waals surface area contributed by atoms with Crippen molar-refractivity contribution in [2.24, 2.45) is 0 Å². The zero-order valence-corrected chi connectivity index (χ0v) is 11.9. The van der Waals surface area contributed by atoms with Gasteiger partial charge in [0, 0.05) is 13.5 Å². The molecule has 1 atom stereocenters. The van der Waals surface area contributed by atoms with Crippen molar-refractivity contribution in [1.29, 1.82) is 0 Å². The monoisotopic (exact) mass is 275 g/mol. The van der Waals surface area contributed by atoms with Gasteiger partial charge in [-0.3, -0.25) is 9.69 Å². The number of unbranched alkanes of at least 4 members (excludes halogenated alkanes) is 2. The number of aryl methyl sites for hydroxylation is 1. The van der Waals surface area contributed by atoms with E-state index in [1.54, 1.807) is 7.05 Å². The molecule has 20 heavy (non-hydrogen) atoms. The predicted molar refractivity (Wildman–Crippen MR) is 76.5 cm³/mol. The number of ketones is 1. The van der Waals surface area contributed by atoms with Gasteiger partial charge in [0.1, 0.15) is 12.6 Å². The van der Waals surface area contributed by atoms with Crippen molar-refractivity contribution in [3.05, 3.63) is 35.9 Å². The molecule has 1 heterocycles. The van der Waals surface area contributed by atoms with E-state index in [2.05, 4.69) is 12.1 Å². The van der Waals surface area contributed by atoms with Crippen molar-refractivity contribution in [3.8, 4) is 0 Å². The van der Waals surface area contributed by atoms with Gasteiger partial charge >= 0.3 is 6.09 Å². The highest BCUT2D eigenvalue weighted by molar-refractivity contribution is 5.89. The van der Waals surface area contributed by atoms with Crippen LogP contribution in [0, 0.1) is 0 Å². The molecule has 0 spiro atoms. The van der Waals surface area contributed by atoms with Crippen LogP contribution in [0.5, 0.6) is 0 Å². The summed E-state index contributed by atoms with van der Waals surface area (Å²) in [6.45, 7) is 0.207. The Kier molecular flexibility index (Phi) is 5.16. The zero-order chi connectivity index (χ0) is 14.4. The fourth-order valence-electron chi connectivity index (χ4n) is 2.42. The summed E-state index contributed by atoms with van der Waals surface area (Å²) >= 11 is 0. The molecule has 1 aromatic carbocycles. The molecule has 1 aliphatic rings. The van der Waals surface area contributed by atoms with E-state index in [-0.39, 0.29) is 18.4 Å². The summed E-state index contributed by atoms with van der Waals surface area (Å²) in [5, 5.41) is 0. The summed E-state index contributed by atoms with van der Waals surface area (Å²) in [6, 6.07) is 9.99. The lowest BCUT2D eigenvalue weighted by atomic mass is 10.0. The van der Waals surface area contributed by atoms with Crippen LogP contribution in [0.3, 0.4) is 0 Å². The molecule has 1 unspecified atom stereocenters. The summed E-state index contributed by atoms with van der Waals surface area (Å²) in [5.74, 6) is 0.109. The van der Waals surface area contributed by atoms with Gasteiger partial charge in [0.2, 0.25) is 0 Å². The molecule has 0 radical (unpaired) electrons. The second kappa shape index (κ2) is 7.08. The SMILES string of the molecule is CN1C(=O)OCC1C(=O)CCCCCc1ccccc1. The van der Waals surface area contributed by atoms with E-state index >= 15 is 0 Å². The fraction of sp³-hybridized carbons (Fsp3) is 0.500. The second-order valence-electron chi connectivity index (χ2n) is 5.22. The molecule has 0 bridgehead atoms. The Hall–Kier alpha value is -1.84. The van der Waals surface area contributed by atoms with E-state index in [4.69, 9.17) is 4.74 Å². The van der Waals surface area contributed by atoms with Crippen LogP contribution in [0.1, 0.15) is 31.2 Å². The van der Waals surface area contributed by atoms with Crippen LogP contribution in [-0.4, -0.2) is 36.5 Å². The van der Waals surface area contributed by atoms with E-state index in [1.807, 2.05) is 18.2 Å². The largest absolute Gasteiger partial charge is 0.447 e. The average Bonchev–Trinajstić information content (AvgIpc) is 2.80. The van der Waals surface area contributed by atoms with Crippen molar-refractivity contribution in [3.63, 3.8) is 0 Å². The standard InChI is InChI=1S/C16H21NO3/c1-17-14(12-20-16(17)19)15(18)11-7-3-6-10-13-8-4-2-5-9-13/h2,4-5,8-9,14H,3,6-7,10-12H2,1H3. The van der Waals surface area contributed by atoms with E-state index in [1.165, 1.54) is 10.5 Å². The number of benzene rings is 1. The van der Waals surface area contributed by atoms with Crippen LogP contribution >= 0.6 is 0 Å². The molecule has 1 aliphatic heterocycles. The van der Waals surface area contributed by atoms with Crippen molar-refractivity contribution >= 4 is 11.9 Å². The number of likely N-dealkylation sites (N-methyl/N-ethyl adjacent to an activating group) is 1. The van der Waals surface area contributed by atoms with E-state index in [9.17, 15) is 9.59 Å². The van der Waals surface area contributed by atoms with E-state index in [0.717, 1.165) is 25.7 Å². The quantitative estimate of drug-likeness (QED) is 0.719. The summed E-state index contributed by atoms with van der Waals surface area (Å²) in [5.41, 5.74) is 1.34. The molecule has 108 valence electrons.